The van der Waals surface area contributed by atoms with Gasteiger partial charge in [-0.2, -0.15) is 0 Å². The molecule has 3 rings (SSSR count). The van der Waals surface area contributed by atoms with Crippen LogP contribution in [0.2, 0.25) is 0 Å². The van der Waals surface area contributed by atoms with Crippen LogP contribution in [0.15, 0.2) is 59.5 Å². The summed E-state index contributed by atoms with van der Waals surface area (Å²) < 4.78 is 0. The fourth-order valence-electron chi connectivity index (χ4n) is 2.34. The highest BCUT2D eigenvalue weighted by molar-refractivity contribution is 8.01. The molecule has 1 N–H and O–H groups in total. The number of nitrogens with one attached hydrogen (secondary N) is 1. The summed E-state index contributed by atoms with van der Waals surface area (Å²) in [5, 5.41) is 2.62. The average molecular weight is 297 g/mol. The molecular formula is C17H15NO2S. The van der Waals surface area contributed by atoms with Gasteiger partial charge in [0.2, 0.25) is 5.91 Å². The fraction of sp³-hybridized carbons (Fsp3) is 0.176. The van der Waals surface area contributed by atoms with Crippen LogP contribution >= 0.6 is 11.8 Å². The molecule has 3 nitrogen and oxygen atoms in total. The zero-order valence-electron chi connectivity index (χ0n) is 11.4. The largest absolute Gasteiger partial charge is 0.348 e. The number of fused-ring (bicyclic) bond motifs is 1. The Hall–Kier alpha value is -2.07. The Bertz CT molecular complexity index is 645. The smallest absolute Gasteiger partial charge is 0.234 e. The van der Waals surface area contributed by atoms with E-state index in [0.717, 1.165) is 11.3 Å². The summed E-state index contributed by atoms with van der Waals surface area (Å²) in [5.41, 5.74) is 1.83. The van der Waals surface area contributed by atoms with Gasteiger partial charge < -0.3 is 5.32 Å². The van der Waals surface area contributed by atoms with Gasteiger partial charge in [-0.15, -0.1) is 11.8 Å². The van der Waals surface area contributed by atoms with Crippen LogP contribution < -0.4 is 5.32 Å². The van der Waals surface area contributed by atoms with Crippen LogP contribution in [-0.4, -0.2) is 23.5 Å². The first kappa shape index (κ1) is 13.9. The normalized spacial score (nSPS) is 16.3. The second-order valence-corrected chi connectivity index (χ2v) is 6.17. The summed E-state index contributed by atoms with van der Waals surface area (Å²) in [4.78, 5) is 25.3. The standard InChI is InChI=1S/C17H15NO2S/c19-14(12-6-2-1-3-7-12)11-18-17(20)16-10-13-8-4-5-9-15(13)21-16/h1-9,16H,10-11H2,(H,18,20). The maximum Gasteiger partial charge on any atom is 0.234 e. The molecule has 0 spiro atoms. The molecule has 0 bridgehead atoms. The minimum atomic E-state index is -0.133. The number of hydrogen-bond donors (Lipinski definition) is 1. The summed E-state index contributed by atoms with van der Waals surface area (Å²) in [6, 6.07) is 17.1. The van der Waals surface area contributed by atoms with Crippen LogP contribution in [0, 0.1) is 0 Å². The van der Waals surface area contributed by atoms with E-state index in [2.05, 4.69) is 5.32 Å². The van der Waals surface area contributed by atoms with Crippen molar-refractivity contribution in [2.45, 2.75) is 16.6 Å². The van der Waals surface area contributed by atoms with E-state index in [1.807, 2.05) is 42.5 Å². The lowest BCUT2D eigenvalue weighted by Crippen LogP contribution is -2.36. The molecule has 0 aromatic heterocycles. The second-order valence-electron chi connectivity index (χ2n) is 4.93. The number of Topliss-reactive ketones (excluding diaryl/α,β-unsaturated/α-hetero) is 1. The molecule has 1 aliphatic rings. The first-order valence-electron chi connectivity index (χ1n) is 6.84. The van der Waals surface area contributed by atoms with E-state index in [1.54, 1.807) is 23.9 Å². The average Bonchev–Trinajstić information content (AvgIpc) is 2.97. The first-order chi connectivity index (χ1) is 10.2. The van der Waals surface area contributed by atoms with Gasteiger partial charge in [0, 0.05) is 10.5 Å². The molecule has 0 radical (unpaired) electrons. The van der Waals surface area contributed by atoms with E-state index in [0.29, 0.717) is 5.56 Å². The lowest BCUT2D eigenvalue weighted by Gasteiger charge is -2.09. The molecule has 106 valence electrons. The Labute approximate surface area is 127 Å². The molecule has 1 atom stereocenters. The third-order valence-electron chi connectivity index (χ3n) is 3.46. The van der Waals surface area contributed by atoms with Crippen molar-refractivity contribution in [3.05, 3.63) is 65.7 Å². The number of carbonyl (C=O) groups excluding carboxylic acids is 2. The lowest BCUT2D eigenvalue weighted by atomic mass is 10.1. The van der Waals surface area contributed by atoms with Crippen molar-refractivity contribution in [3.63, 3.8) is 0 Å². The minimum absolute atomic E-state index is 0.0518. The van der Waals surface area contributed by atoms with Crippen molar-refractivity contribution in [3.8, 4) is 0 Å². The fourth-order valence-corrected chi connectivity index (χ4v) is 3.56. The van der Waals surface area contributed by atoms with Gasteiger partial charge in [-0.25, -0.2) is 0 Å². The number of benzene rings is 2. The number of amides is 1. The lowest BCUT2D eigenvalue weighted by molar-refractivity contribution is -0.120. The molecule has 2 aromatic rings. The van der Waals surface area contributed by atoms with Gasteiger partial charge >= 0.3 is 0 Å². The minimum Gasteiger partial charge on any atom is -0.348 e. The van der Waals surface area contributed by atoms with Gasteiger partial charge in [-0.05, 0) is 18.1 Å². The monoisotopic (exact) mass is 297 g/mol. The van der Waals surface area contributed by atoms with E-state index in [1.165, 1.54) is 5.56 Å². The van der Waals surface area contributed by atoms with Crippen molar-refractivity contribution in [2.24, 2.45) is 0 Å². The maximum absolute atomic E-state index is 12.2. The van der Waals surface area contributed by atoms with E-state index < -0.39 is 0 Å². The number of carbonyl (C=O) groups is 2. The number of thioether (sulfide) groups is 1. The number of rotatable bonds is 4. The van der Waals surface area contributed by atoms with Crippen molar-refractivity contribution in [1.82, 2.24) is 5.32 Å². The molecule has 1 aliphatic heterocycles. The van der Waals surface area contributed by atoms with E-state index in [9.17, 15) is 9.59 Å². The molecule has 1 amide bonds. The van der Waals surface area contributed by atoms with Gasteiger partial charge in [0.15, 0.2) is 5.78 Å². The quantitative estimate of drug-likeness (QED) is 0.883. The molecule has 1 unspecified atom stereocenters. The Morgan fingerprint density at radius 1 is 1.05 bits per heavy atom. The molecule has 1 heterocycles. The summed E-state index contributed by atoms with van der Waals surface area (Å²) in [6.07, 6.45) is 0.728. The van der Waals surface area contributed by atoms with Gasteiger partial charge in [0.25, 0.3) is 0 Å². The van der Waals surface area contributed by atoms with Crippen molar-refractivity contribution < 1.29 is 9.59 Å². The van der Waals surface area contributed by atoms with E-state index in [4.69, 9.17) is 0 Å². The summed E-state index contributed by atoms with van der Waals surface area (Å²) in [7, 11) is 0. The molecule has 0 aliphatic carbocycles. The van der Waals surface area contributed by atoms with Crippen LogP contribution in [0.3, 0.4) is 0 Å². The van der Waals surface area contributed by atoms with Crippen molar-refractivity contribution >= 4 is 23.5 Å². The van der Waals surface area contributed by atoms with Gasteiger partial charge in [0.1, 0.15) is 0 Å². The van der Waals surface area contributed by atoms with Gasteiger partial charge in [-0.1, -0.05) is 48.5 Å². The molecule has 0 saturated heterocycles. The summed E-state index contributed by atoms with van der Waals surface area (Å²) >= 11 is 1.57. The van der Waals surface area contributed by atoms with Crippen LogP contribution in [0.25, 0.3) is 0 Å². The SMILES string of the molecule is O=C(CNC(=O)C1Cc2ccccc2S1)c1ccccc1. The molecule has 4 heteroatoms. The maximum atomic E-state index is 12.2. The zero-order valence-corrected chi connectivity index (χ0v) is 12.2. The Kier molecular flexibility index (Phi) is 4.06. The van der Waals surface area contributed by atoms with Crippen molar-refractivity contribution in [1.29, 1.82) is 0 Å². The predicted molar refractivity (Wildman–Crippen MR) is 83.6 cm³/mol. The predicted octanol–water partition coefficient (Wildman–Crippen LogP) is 2.70. The zero-order chi connectivity index (χ0) is 14.7. The molecular weight excluding hydrogens is 282 g/mol. The van der Waals surface area contributed by atoms with Crippen molar-refractivity contribution in [2.75, 3.05) is 6.54 Å². The van der Waals surface area contributed by atoms with Gasteiger partial charge in [-0.3, -0.25) is 9.59 Å². The Morgan fingerprint density at radius 2 is 1.76 bits per heavy atom. The van der Waals surface area contributed by atoms with Crippen LogP contribution in [-0.2, 0) is 11.2 Å². The molecule has 2 aromatic carbocycles. The molecule has 0 fully saturated rings. The molecule has 21 heavy (non-hydrogen) atoms. The van der Waals surface area contributed by atoms with Gasteiger partial charge in [0.05, 0.1) is 11.8 Å². The topological polar surface area (TPSA) is 46.2 Å². The number of ketones is 1. The van der Waals surface area contributed by atoms with Crippen LogP contribution in [0.1, 0.15) is 15.9 Å². The Balaban J connectivity index is 1.55. The highest BCUT2D eigenvalue weighted by Gasteiger charge is 2.28. The molecule has 0 saturated carbocycles. The summed E-state index contributed by atoms with van der Waals surface area (Å²) in [6.45, 7) is 0.0518. The third-order valence-corrected chi connectivity index (χ3v) is 4.78. The highest BCUT2D eigenvalue weighted by atomic mass is 32.2. The van der Waals surface area contributed by atoms with E-state index in [-0.39, 0.29) is 23.5 Å². The van der Waals surface area contributed by atoms with E-state index >= 15 is 0 Å². The first-order valence-corrected chi connectivity index (χ1v) is 7.72. The Morgan fingerprint density at radius 3 is 2.52 bits per heavy atom. The third kappa shape index (κ3) is 3.16. The summed E-state index contributed by atoms with van der Waals surface area (Å²) in [5.74, 6) is -0.134. The number of hydrogen-bond acceptors (Lipinski definition) is 3. The highest BCUT2D eigenvalue weighted by Crippen LogP contribution is 2.36. The van der Waals surface area contributed by atoms with Crippen LogP contribution in [0.4, 0.5) is 0 Å². The second kappa shape index (κ2) is 6.14. The van der Waals surface area contributed by atoms with Crippen LogP contribution in [0.5, 0.6) is 0 Å².